The van der Waals surface area contributed by atoms with Crippen molar-refractivity contribution in [3.63, 3.8) is 0 Å². The number of nitrogens with one attached hydrogen (secondary N) is 1. The van der Waals surface area contributed by atoms with Gasteiger partial charge in [0.1, 0.15) is 0 Å². The number of hydrogen-bond donors (Lipinski definition) is 1. The van der Waals surface area contributed by atoms with Crippen molar-refractivity contribution in [3.05, 3.63) is 76.0 Å². The smallest absolute Gasteiger partial charge is 0.238 e. The molecule has 2 aromatic carbocycles. The first-order chi connectivity index (χ1) is 13.8. The average molecular weight is 392 g/mol. The summed E-state index contributed by atoms with van der Waals surface area (Å²) in [7, 11) is 0. The van der Waals surface area contributed by atoms with Gasteiger partial charge in [0.05, 0.1) is 12.6 Å². The van der Waals surface area contributed by atoms with Gasteiger partial charge in [-0.3, -0.25) is 9.69 Å². The topological polar surface area (TPSA) is 50.8 Å². The fourth-order valence-electron chi connectivity index (χ4n) is 3.92. The van der Waals surface area contributed by atoms with Crippen LogP contribution >= 0.6 is 11.3 Å². The quantitative estimate of drug-likeness (QED) is 0.727. The predicted molar refractivity (Wildman–Crippen MR) is 109 cm³/mol. The summed E-state index contributed by atoms with van der Waals surface area (Å²) in [5.41, 5.74) is 3.26. The van der Waals surface area contributed by atoms with Crippen molar-refractivity contribution in [3.8, 4) is 11.5 Å². The zero-order valence-electron chi connectivity index (χ0n) is 15.3. The summed E-state index contributed by atoms with van der Waals surface area (Å²) in [4.78, 5) is 16.5. The van der Waals surface area contributed by atoms with Crippen LogP contribution in [-0.2, 0) is 11.2 Å². The lowest BCUT2D eigenvalue weighted by Crippen LogP contribution is -2.40. The fraction of sp³-hybridized carbons (Fsp3) is 0.227. The largest absolute Gasteiger partial charge is 0.454 e. The SMILES string of the molecule is O=C(CN1CCc2sccc2C1c1ccccc1)Nc1ccc2c(c1)OCO2. The van der Waals surface area contributed by atoms with Gasteiger partial charge in [0, 0.05) is 23.2 Å². The molecule has 1 amide bonds. The van der Waals surface area contributed by atoms with E-state index in [1.165, 1.54) is 16.0 Å². The second-order valence-corrected chi connectivity index (χ2v) is 7.95. The van der Waals surface area contributed by atoms with Crippen LogP contribution in [0.5, 0.6) is 11.5 Å². The molecule has 142 valence electrons. The van der Waals surface area contributed by atoms with E-state index in [9.17, 15) is 4.79 Å². The molecule has 0 saturated carbocycles. The predicted octanol–water partition coefficient (Wildman–Crippen LogP) is 4.06. The highest BCUT2D eigenvalue weighted by Crippen LogP contribution is 2.38. The number of carbonyl (C=O) groups is 1. The molecule has 0 fully saturated rings. The molecule has 0 saturated heterocycles. The molecule has 0 radical (unpaired) electrons. The number of benzene rings is 2. The Morgan fingerprint density at radius 1 is 1.11 bits per heavy atom. The molecule has 0 aliphatic carbocycles. The van der Waals surface area contributed by atoms with E-state index in [0.29, 0.717) is 18.0 Å². The number of rotatable bonds is 4. The van der Waals surface area contributed by atoms with E-state index < -0.39 is 0 Å². The first-order valence-corrected chi connectivity index (χ1v) is 10.2. The van der Waals surface area contributed by atoms with Gasteiger partial charge in [-0.25, -0.2) is 0 Å². The summed E-state index contributed by atoms with van der Waals surface area (Å²) in [6.45, 7) is 1.42. The highest BCUT2D eigenvalue weighted by Gasteiger charge is 2.30. The second kappa shape index (κ2) is 7.30. The summed E-state index contributed by atoms with van der Waals surface area (Å²) in [6.07, 6.45) is 0.980. The molecule has 3 heterocycles. The lowest BCUT2D eigenvalue weighted by atomic mass is 9.93. The van der Waals surface area contributed by atoms with Crippen LogP contribution in [0, 0.1) is 0 Å². The van der Waals surface area contributed by atoms with Gasteiger partial charge >= 0.3 is 0 Å². The maximum atomic E-state index is 12.8. The van der Waals surface area contributed by atoms with E-state index in [4.69, 9.17) is 9.47 Å². The molecule has 28 heavy (non-hydrogen) atoms. The third-order valence-corrected chi connectivity index (χ3v) is 6.18. The van der Waals surface area contributed by atoms with Crippen molar-refractivity contribution in [2.75, 3.05) is 25.2 Å². The lowest BCUT2D eigenvalue weighted by Gasteiger charge is -2.35. The van der Waals surface area contributed by atoms with Crippen molar-refractivity contribution in [1.29, 1.82) is 0 Å². The number of ether oxygens (including phenoxy) is 2. The van der Waals surface area contributed by atoms with Crippen LogP contribution in [0.15, 0.2) is 60.0 Å². The monoisotopic (exact) mass is 392 g/mol. The molecule has 2 aliphatic heterocycles. The molecular weight excluding hydrogens is 372 g/mol. The van der Waals surface area contributed by atoms with Gasteiger partial charge in [0.2, 0.25) is 12.7 Å². The standard InChI is InChI=1S/C22H20N2O3S/c25-21(23-16-6-7-18-19(12-16)27-14-26-18)13-24-10-8-20-17(9-11-28-20)22(24)15-4-2-1-3-5-15/h1-7,9,11-12,22H,8,10,13-14H2,(H,23,25). The number of nitrogens with zero attached hydrogens (tertiary/aromatic N) is 1. The van der Waals surface area contributed by atoms with Crippen LogP contribution in [-0.4, -0.2) is 30.7 Å². The van der Waals surface area contributed by atoms with Crippen LogP contribution < -0.4 is 14.8 Å². The van der Waals surface area contributed by atoms with Crippen LogP contribution in [0.3, 0.4) is 0 Å². The summed E-state index contributed by atoms with van der Waals surface area (Å²) >= 11 is 1.81. The number of amides is 1. The highest BCUT2D eigenvalue weighted by molar-refractivity contribution is 7.10. The van der Waals surface area contributed by atoms with Crippen LogP contribution in [0.2, 0.25) is 0 Å². The molecule has 1 unspecified atom stereocenters. The molecule has 6 heteroatoms. The second-order valence-electron chi connectivity index (χ2n) is 6.95. The van der Waals surface area contributed by atoms with E-state index in [-0.39, 0.29) is 18.7 Å². The maximum Gasteiger partial charge on any atom is 0.238 e. The maximum absolute atomic E-state index is 12.8. The summed E-state index contributed by atoms with van der Waals surface area (Å²) < 4.78 is 10.7. The van der Waals surface area contributed by atoms with E-state index >= 15 is 0 Å². The third-order valence-electron chi connectivity index (χ3n) is 5.18. The minimum absolute atomic E-state index is 0.0292. The highest BCUT2D eigenvalue weighted by atomic mass is 32.1. The Morgan fingerprint density at radius 3 is 2.86 bits per heavy atom. The average Bonchev–Trinajstić information content (AvgIpc) is 3.37. The molecule has 5 rings (SSSR count). The van der Waals surface area contributed by atoms with Gasteiger partial charge in [-0.2, -0.15) is 0 Å². The molecular formula is C22H20N2O3S. The molecule has 1 atom stereocenters. The molecule has 3 aromatic rings. The van der Waals surface area contributed by atoms with Crippen LogP contribution in [0.1, 0.15) is 22.0 Å². The summed E-state index contributed by atoms with van der Waals surface area (Å²) in [5, 5.41) is 5.14. The van der Waals surface area contributed by atoms with Gasteiger partial charge in [0.25, 0.3) is 0 Å². The third kappa shape index (κ3) is 3.25. The number of carbonyl (C=O) groups excluding carboxylic acids is 1. The van der Waals surface area contributed by atoms with E-state index in [1.807, 2.05) is 24.3 Å². The molecule has 1 N–H and O–H groups in total. The number of hydrogen-bond acceptors (Lipinski definition) is 5. The van der Waals surface area contributed by atoms with Crippen molar-refractivity contribution >= 4 is 22.9 Å². The zero-order valence-corrected chi connectivity index (χ0v) is 16.1. The molecule has 2 aliphatic rings. The molecule has 0 bridgehead atoms. The Kier molecular flexibility index (Phi) is 4.50. The normalized spacial score (nSPS) is 17.9. The van der Waals surface area contributed by atoms with Crippen LogP contribution in [0.4, 0.5) is 5.69 Å². The minimum atomic E-state index is -0.0292. The number of anilines is 1. The fourth-order valence-corrected chi connectivity index (χ4v) is 4.83. The Morgan fingerprint density at radius 2 is 1.96 bits per heavy atom. The first kappa shape index (κ1) is 17.3. The number of thiophene rings is 1. The van der Waals surface area contributed by atoms with Crippen LogP contribution in [0.25, 0.3) is 0 Å². The zero-order chi connectivity index (χ0) is 18.9. The van der Waals surface area contributed by atoms with Gasteiger partial charge in [-0.15, -0.1) is 11.3 Å². The van der Waals surface area contributed by atoms with Crippen molar-refractivity contribution in [2.45, 2.75) is 12.5 Å². The molecule has 1 aromatic heterocycles. The Bertz CT molecular complexity index is 1000. The van der Waals surface area contributed by atoms with E-state index in [2.05, 4.69) is 45.9 Å². The summed E-state index contributed by atoms with van der Waals surface area (Å²) in [6, 6.07) is 18.2. The van der Waals surface area contributed by atoms with Gasteiger partial charge < -0.3 is 14.8 Å². The van der Waals surface area contributed by atoms with Crippen molar-refractivity contribution in [1.82, 2.24) is 4.90 Å². The number of fused-ring (bicyclic) bond motifs is 2. The molecule has 5 nitrogen and oxygen atoms in total. The Labute approximate surface area is 167 Å². The van der Waals surface area contributed by atoms with Crippen molar-refractivity contribution < 1.29 is 14.3 Å². The van der Waals surface area contributed by atoms with Gasteiger partial charge in [-0.1, -0.05) is 30.3 Å². The molecule has 0 spiro atoms. The van der Waals surface area contributed by atoms with Crippen molar-refractivity contribution in [2.24, 2.45) is 0 Å². The summed E-state index contributed by atoms with van der Waals surface area (Å²) in [5.74, 6) is 1.35. The van der Waals surface area contributed by atoms with Gasteiger partial charge in [-0.05, 0) is 41.1 Å². The van der Waals surface area contributed by atoms with E-state index in [0.717, 1.165) is 18.7 Å². The Hall–Kier alpha value is -2.83. The Balaban J connectivity index is 1.35. The van der Waals surface area contributed by atoms with E-state index in [1.54, 1.807) is 11.3 Å². The lowest BCUT2D eigenvalue weighted by molar-refractivity contribution is -0.117. The minimum Gasteiger partial charge on any atom is -0.454 e. The van der Waals surface area contributed by atoms with Gasteiger partial charge in [0.15, 0.2) is 11.5 Å². The first-order valence-electron chi connectivity index (χ1n) is 9.33.